The Morgan fingerprint density at radius 2 is 2.32 bits per heavy atom. The fourth-order valence-corrected chi connectivity index (χ4v) is 3.35. The summed E-state index contributed by atoms with van der Waals surface area (Å²) in [5, 5.41) is 16.6. The second kappa shape index (κ2) is 6.79. The van der Waals surface area contributed by atoms with Gasteiger partial charge in [0, 0.05) is 19.2 Å². The molecule has 0 bridgehead atoms. The topological polar surface area (TPSA) is 70.4 Å². The maximum Gasteiger partial charge on any atom is 0.239 e. The highest BCUT2D eigenvalue weighted by molar-refractivity contribution is 5.91. The molecule has 1 aromatic heterocycles. The molecule has 1 aliphatic carbocycles. The molecule has 1 saturated carbocycles. The van der Waals surface area contributed by atoms with E-state index in [4.69, 9.17) is 0 Å². The van der Waals surface area contributed by atoms with Crippen molar-refractivity contribution in [3.05, 3.63) is 12.3 Å². The number of aliphatic hydroxyl groups excluding tert-OH is 1. The number of likely N-dealkylation sites (tertiary alicyclic amines) is 1. The van der Waals surface area contributed by atoms with Gasteiger partial charge < -0.3 is 10.4 Å². The zero-order valence-electron chi connectivity index (χ0n) is 13.2. The highest BCUT2D eigenvalue weighted by Crippen LogP contribution is 2.40. The lowest BCUT2D eigenvalue weighted by Gasteiger charge is -2.31. The summed E-state index contributed by atoms with van der Waals surface area (Å²) >= 11 is 0. The van der Waals surface area contributed by atoms with E-state index in [1.807, 2.05) is 10.7 Å². The molecule has 0 radical (unpaired) electrons. The van der Waals surface area contributed by atoms with Gasteiger partial charge in [-0.15, -0.1) is 0 Å². The van der Waals surface area contributed by atoms with E-state index >= 15 is 0 Å². The summed E-state index contributed by atoms with van der Waals surface area (Å²) in [6.07, 6.45) is 6.36. The SMILES string of the molecule is CC(C1CC1)n1nccc1NC(=O)CN1CCCC(CO)C1. The molecule has 2 atom stereocenters. The zero-order valence-corrected chi connectivity index (χ0v) is 13.2. The summed E-state index contributed by atoms with van der Waals surface area (Å²) < 4.78 is 1.93. The minimum absolute atomic E-state index is 0.00309. The van der Waals surface area contributed by atoms with Crippen molar-refractivity contribution in [1.82, 2.24) is 14.7 Å². The molecule has 1 aliphatic heterocycles. The van der Waals surface area contributed by atoms with Crippen molar-refractivity contribution in [3.8, 4) is 0 Å². The van der Waals surface area contributed by atoms with Crippen LogP contribution in [0, 0.1) is 11.8 Å². The van der Waals surface area contributed by atoms with Crippen LogP contribution >= 0.6 is 0 Å². The number of hydrogen-bond acceptors (Lipinski definition) is 4. The number of anilines is 1. The lowest BCUT2D eigenvalue weighted by Crippen LogP contribution is -2.41. The van der Waals surface area contributed by atoms with Gasteiger partial charge in [-0.3, -0.25) is 9.69 Å². The molecule has 3 rings (SSSR count). The Labute approximate surface area is 131 Å². The van der Waals surface area contributed by atoms with E-state index < -0.39 is 0 Å². The Balaban J connectivity index is 1.54. The average molecular weight is 306 g/mol. The summed E-state index contributed by atoms with van der Waals surface area (Å²) in [5.41, 5.74) is 0. The van der Waals surface area contributed by atoms with Crippen LogP contribution in [0.25, 0.3) is 0 Å². The van der Waals surface area contributed by atoms with Crippen LogP contribution in [0.4, 0.5) is 5.82 Å². The Kier molecular flexibility index (Phi) is 4.78. The second-order valence-corrected chi connectivity index (χ2v) is 6.71. The molecule has 2 unspecified atom stereocenters. The molecule has 122 valence electrons. The maximum atomic E-state index is 12.3. The van der Waals surface area contributed by atoms with Crippen LogP contribution in [0.5, 0.6) is 0 Å². The molecule has 0 aromatic carbocycles. The number of carbonyl (C=O) groups excluding carboxylic acids is 1. The molecule has 2 N–H and O–H groups in total. The fourth-order valence-electron chi connectivity index (χ4n) is 3.35. The van der Waals surface area contributed by atoms with E-state index in [1.54, 1.807) is 6.20 Å². The van der Waals surface area contributed by atoms with Gasteiger partial charge in [0.25, 0.3) is 0 Å². The number of aliphatic hydroxyl groups is 1. The van der Waals surface area contributed by atoms with Crippen LogP contribution in [0.1, 0.15) is 38.6 Å². The molecule has 6 nitrogen and oxygen atoms in total. The molecule has 2 heterocycles. The van der Waals surface area contributed by atoms with Crippen LogP contribution in [0.2, 0.25) is 0 Å². The van der Waals surface area contributed by atoms with Gasteiger partial charge in [-0.2, -0.15) is 5.10 Å². The number of nitrogens with one attached hydrogen (secondary N) is 1. The molecule has 1 amide bonds. The summed E-state index contributed by atoms with van der Waals surface area (Å²) in [5.74, 6) is 1.80. The van der Waals surface area contributed by atoms with E-state index in [0.717, 1.165) is 31.7 Å². The lowest BCUT2D eigenvalue weighted by molar-refractivity contribution is -0.117. The lowest BCUT2D eigenvalue weighted by atomic mass is 9.99. The minimum atomic E-state index is 0.00309. The molecular weight excluding hydrogens is 280 g/mol. The molecule has 0 spiro atoms. The van der Waals surface area contributed by atoms with Gasteiger partial charge in [0.15, 0.2) is 0 Å². The summed E-state index contributed by atoms with van der Waals surface area (Å²) in [6, 6.07) is 2.21. The summed E-state index contributed by atoms with van der Waals surface area (Å²) in [4.78, 5) is 14.4. The largest absolute Gasteiger partial charge is 0.396 e. The van der Waals surface area contributed by atoms with Crippen molar-refractivity contribution >= 4 is 11.7 Å². The molecule has 22 heavy (non-hydrogen) atoms. The normalized spacial score (nSPS) is 24.2. The third-order valence-corrected chi connectivity index (χ3v) is 4.86. The van der Waals surface area contributed by atoms with Gasteiger partial charge in [0.2, 0.25) is 5.91 Å². The van der Waals surface area contributed by atoms with Crippen LogP contribution < -0.4 is 5.32 Å². The van der Waals surface area contributed by atoms with E-state index in [1.165, 1.54) is 12.8 Å². The van der Waals surface area contributed by atoms with Crippen LogP contribution in [-0.2, 0) is 4.79 Å². The maximum absolute atomic E-state index is 12.3. The first-order valence-electron chi connectivity index (χ1n) is 8.34. The fraction of sp³-hybridized carbons (Fsp3) is 0.750. The number of piperidine rings is 1. The molecule has 6 heteroatoms. The van der Waals surface area contributed by atoms with E-state index in [0.29, 0.717) is 24.4 Å². The molecule has 1 saturated heterocycles. The molecule has 2 aliphatic rings. The Bertz CT molecular complexity index is 512. The van der Waals surface area contributed by atoms with Gasteiger partial charge in [0.05, 0.1) is 18.8 Å². The molecule has 2 fully saturated rings. The Morgan fingerprint density at radius 1 is 1.50 bits per heavy atom. The molecule has 1 aromatic rings. The number of nitrogens with zero attached hydrogens (tertiary/aromatic N) is 3. The van der Waals surface area contributed by atoms with Crippen molar-refractivity contribution in [2.24, 2.45) is 11.8 Å². The summed E-state index contributed by atoms with van der Waals surface area (Å²) in [6.45, 7) is 4.50. The number of aromatic nitrogens is 2. The number of hydrogen-bond donors (Lipinski definition) is 2. The third-order valence-electron chi connectivity index (χ3n) is 4.86. The number of carbonyl (C=O) groups is 1. The average Bonchev–Trinajstić information content (AvgIpc) is 3.27. The van der Waals surface area contributed by atoms with Crippen molar-refractivity contribution in [2.75, 3.05) is 31.6 Å². The minimum Gasteiger partial charge on any atom is -0.396 e. The van der Waals surface area contributed by atoms with Crippen LogP contribution in [0.3, 0.4) is 0 Å². The highest BCUT2D eigenvalue weighted by atomic mass is 16.3. The second-order valence-electron chi connectivity index (χ2n) is 6.71. The van der Waals surface area contributed by atoms with Crippen LogP contribution in [0.15, 0.2) is 12.3 Å². The van der Waals surface area contributed by atoms with Crippen molar-refractivity contribution in [3.63, 3.8) is 0 Å². The van der Waals surface area contributed by atoms with Crippen molar-refractivity contribution in [1.29, 1.82) is 0 Å². The van der Waals surface area contributed by atoms with Crippen molar-refractivity contribution in [2.45, 2.75) is 38.6 Å². The van der Waals surface area contributed by atoms with E-state index in [2.05, 4.69) is 22.2 Å². The zero-order chi connectivity index (χ0) is 15.5. The third kappa shape index (κ3) is 3.67. The quantitative estimate of drug-likeness (QED) is 0.835. The first kappa shape index (κ1) is 15.5. The number of amides is 1. The first-order chi connectivity index (χ1) is 10.7. The van der Waals surface area contributed by atoms with Crippen LogP contribution in [-0.4, -0.2) is 51.9 Å². The van der Waals surface area contributed by atoms with E-state index in [9.17, 15) is 9.90 Å². The summed E-state index contributed by atoms with van der Waals surface area (Å²) in [7, 11) is 0. The predicted molar refractivity (Wildman–Crippen MR) is 84.5 cm³/mol. The Hall–Kier alpha value is -1.40. The van der Waals surface area contributed by atoms with Crippen molar-refractivity contribution < 1.29 is 9.90 Å². The smallest absolute Gasteiger partial charge is 0.239 e. The highest BCUT2D eigenvalue weighted by Gasteiger charge is 2.31. The van der Waals surface area contributed by atoms with Gasteiger partial charge in [-0.05, 0) is 51.0 Å². The van der Waals surface area contributed by atoms with Gasteiger partial charge in [-0.25, -0.2) is 4.68 Å². The van der Waals surface area contributed by atoms with Gasteiger partial charge >= 0.3 is 0 Å². The predicted octanol–water partition coefficient (Wildman–Crippen LogP) is 1.50. The molecular formula is C16H26N4O2. The first-order valence-corrected chi connectivity index (χ1v) is 8.34. The Morgan fingerprint density at radius 3 is 3.05 bits per heavy atom. The number of rotatable bonds is 6. The van der Waals surface area contributed by atoms with Gasteiger partial charge in [-0.1, -0.05) is 0 Å². The van der Waals surface area contributed by atoms with E-state index in [-0.39, 0.29) is 12.5 Å². The van der Waals surface area contributed by atoms with Gasteiger partial charge in [0.1, 0.15) is 5.82 Å². The standard InChI is InChI=1S/C16H26N4O2/c1-12(14-4-5-14)20-15(6-7-17-20)18-16(22)10-19-8-2-3-13(9-19)11-21/h6-7,12-14,21H,2-5,8-11H2,1H3,(H,18,22). The monoisotopic (exact) mass is 306 g/mol.